The largest absolute Gasteiger partial charge is 0.497 e. The van der Waals surface area contributed by atoms with Crippen LogP contribution in [0.3, 0.4) is 0 Å². The van der Waals surface area contributed by atoms with Crippen molar-refractivity contribution in [2.75, 3.05) is 43.5 Å². The Morgan fingerprint density at radius 2 is 1.84 bits per heavy atom. The summed E-state index contributed by atoms with van der Waals surface area (Å²) in [5.41, 5.74) is 3.85. The number of hydrogen-bond donors (Lipinski definition) is 1. The number of ether oxygens (including phenoxy) is 1. The van der Waals surface area contributed by atoms with Gasteiger partial charge in [-0.1, -0.05) is 37.3 Å². The molecule has 3 aromatic rings. The number of aryl methyl sites for hydroxylation is 1. The molecule has 0 spiro atoms. The summed E-state index contributed by atoms with van der Waals surface area (Å²) in [6.07, 6.45) is 2.47. The van der Waals surface area contributed by atoms with Crippen LogP contribution in [0.1, 0.15) is 12.5 Å². The average Bonchev–Trinajstić information content (AvgIpc) is 2.84. The van der Waals surface area contributed by atoms with E-state index in [9.17, 15) is 4.79 Å². The Hall–Kier alpha value is -3.61. The number of nitrogens with one attached hydrogen (secondary N) is 1. The third-order valence-electron chi connectivity index (χ3n) is 5.55. The van der Waals surface area contributed by atoms with Crippen LogP contribution in [0.2, 0.25) is 0 Å². The Balaban J connectivity index is 1.40. The molecule has 160 valence electrons. The number of piperazine rings is 1. The number of nitrogens with zero attached hydrogens (tertiary/aromatic N) is 4. The Kier molecular flexibility index (Phi) is 6.31. The highest BCUT2D eigenvalue weighted by molar-refractivity contribution is 5.90. The molecule has 7 heteroatoms. The quantitative estimate of drug-likeness (QED) is 0.678. The molecule has 1 N–H and O–H groups in total. The molecule has 4 rings (SSSR count). The molecule has 0 aliphatic carbocycles. The van der Waals surface area contributed by atoms with Gasteiger partial charge in [0.05, 0.1) is 12.8 Å². The number of anilines is 2. The maximum absolute atomic E-state index is 12.7. The van der Waals surface area contributed by atoms with E-state index in [1.165, 1.54) is 0 Å². The molecule has 2 amide bonds. The number of hydrogen-bond acceptors (Lipinski definition) is 5. The zero-order valence-electron chi connectivity index (χ0n) is 17.9. The number of rotatable bonds is 5. The van der Waals surface area contributed by atoms with Crippen LogP contribution in [0.15, 0.2) is 60.9 Å². The maximum atomic E-state index is 12.7. The molecule has 2 heterocycles. The van der Waals surface area contributed by atoms with Gasteiger partial charge in [0, 0.05) is 43.5 Å². The summed E-state index contributed by atoms with van der Waals surface area (Å²) in [6.45, 7) is 4.80. The summed E-state index contributed by atoms with van der Waals surface area (Å²) in [5, 5.41) is 3.06. The van der Waals surface area contributed by atoms with E-state index in [0.717, 1.165) is 53.6 Å². The molecule has 0 radical (unpaired) electrons. The summed E-state index contributed by atoms with van der Waals surface area (Å²) in [4.78, 5) is 25.7. The van der Waals surface area contributed by atoms with Crippen LogP contribution in [0, 0.1) is 0 Å². The summed E-state index contributed by atoms with van der Waals surface area (Å²) in [5.74, 6) is 1.66. The van der Waals surface area contributed by atoms with Crippen molar-refractivity contribution in [3.8, 4) is 17.0 Å². The Morgan fingerprint density at radius 1 is 1.03 bits per heavy atom. The van der Waals surface area contributed by atoms with Crippen molar-refractivity contribution in [1.82, 2.24) is 14.9 Å². The smallest absolute Gasteiger partial charge is 0.321 e. The third kappa shape index (κ3) is 4.77. The monoisotopic (exact) mass is 417 g/mol. The standard InChI is InChI=1S/C24H27N5O2/c1-3-18-7-4-5-10-21(18)27-24(30)29-13-11-28(12-14-29)23-16-22(25-17-26-23)19-8-6-9-20(15-19)31-2/h4-10,15-17H,3,11-14H2,1-2H3,(H,27,30). The van der Waals surface area contributed by atoms with Gasteiger partial charge in [-0.3, -0.25) is 0 Å². The molecule has 0 atom stereocenters. The zero-order chi connectivity index (χ0) is 21.6. The number of urea groups is 1. The number of amides is 2. The first-order valence-electron chi connectivity index (χ1n) is 10.5. The fraction of sp³-hybridized carbons (Fsp3) is 0.292. The molecule has 7 nitrogen and oxygen atoms in total. The van der Waals surface area contributed by atoms with E-state index in [4.69, 9.17) is 4.74 Å². The molecular formula is C24H27N5O2. The highest BCUT2D eigenvalue weighted by Gasteiger charge is 2.22. The normalized spacial score (nSPS) is 13.7. The molecular weight excluding hydrogens is 390 g/mol. The molecule has 0 unspecified atom stereocenters. The lowest BCUT2D eigenvalue weighted by Crippen LogP contribution is -2.50. The SMILES string of the molecule is CCc1ccccc1NC(=O)N1CCN(c2cc(-c3cccc(OC)c3)ncn2)CC1. The second kappa shape index (κ2) is 9.47. The maximum Gasteiger partial charge on any atom is 0.321 e. The van der Waals surface area contributed by atoms with Crippen LogP contribution in [0.25, 0.3) is 11.3 Å². The van der Waals surface area contributed by atoms with Crippen molar-refractivity contribution in [2.45, 2.75) is 13.3 Å². The summed E-state index contributed by atoms with van der Waals surface area (Å²) in [6, 6.07) is 17.7. The van der Waals surface area contributed by atoms with E-state index in [2.05, 4.69) is 27.1 Å². The van der Waals surface area contributed by atoms with Crippen molar-refractivity contribution in [3.63, 3.8) is 0 Å². The third-order valence-corrected chi connectivity index (χ3v) is 5.55. The lowest BCUT2D eigenvalue weighted by atomic mass is 10.1. The lowest BCUT2D eigenvalue weighted by molar-refractivity contribution is 0.208. The minimum absolute atomic E-state index is 0.0553. The van der Waals surface area contributed by atoms with Gasteiger partial charge in [-0.2, -0.15) is 0 Å². The summed E-state index contributed by atoms with van der Waals surface area (Å²) >= 11 is 0. The van der Waals surface area contributed by atoms with Crippen LogP contribution in [0.5, 0.6) is 5.75 Å². The fourth-order valence-electron chi connectivity index (χ4n) is 3.74. The highest BCUT2D eigenvalue weighted by atomic mass is 16.5. The minimum atomic E-state index is -0.0553. The van der Waals surface area contributed by atoms with Crippen LogP contribution < -0.4 is 15.0 Å². The summed E-state index contributed by atoms with van der Waals surface area (Å²) in [7, 11) is 1.65. The van der Waals surface area contributed by atoms with Gasteiger partial charge < -0.3 is 19.9 Å². The number of aromatic nitrogens is 2. The predicted octanol–water partition coefficient (Wildman–Crippen LogP) is 4.07. The van der Waals surface area contributed by atoms with Gasteiger partial charge in [0.2, 0.25) is 0 Å². The van der Waals surface area contributed by atoms with E-state index in [1.54, 1.807) is 13.4 Å². The molecule has 31 heavy (non-hydrogen) atoms. The first-order valence-corrected chi connectivity index (χ1v) is 10.5. The van der Waals surface area contributed by atoms with E-state index in [0.29, 0.717) is 13.1 Å². The van der Waals surface area contributed by atoms with Gasteiger partial charge in [0.15, 0.2) is 0 Å². The Labute approximate surface area is 182 Å². The van der Waals surface area contributed by atoms with Crippen molar-refractivity contribution >= 4 is 17.5 Å². The molecule has 1 saturated heterocycles. The van der Waals surface area contributed by atoms with Crippen molar-refractivity contribution in [3.05, 3.63) is 66.5 Å². The van der Waals surface area contributed by atoms with Crippen LogP contribution >= 0.6 is 0 Å². The topological polar surface area (TPSA) is 70.6 Å². The van der Waals surface area contributed by atoms with Crippen LogP contribution in [0.4, 0.5) is 16.3 Å². The molecule has 1 aliphatic heterocycles. The fourth-order valence-corrected chi connectivity index (χ4v) is 3.74. The molecule has 1 aromatic heterocycles. The zero-order valence-corrected chi connectivity index (χ0v) is 17.9. The van der Waals surface area contributed by atoms with Gasteiger partial charge in [0.25, 0.3) is 0 Å². The second-order valence-electron chi connectivity index (χ2n) is 7.41. The van der Waals surface area contributed by atoms with Gasteiger partial charge in [-0.15, -0.1) is 0 Å². The number of carbonyl (C=O) groups is 1. The number of carbonyl (C=O) groups excluding carboxylic acids is 1. The van der Waals surface area contributed by atoms with Gasteiger partial charge >= 0.3 is 6.03 Å². The van der Waals surface area contributed by atoms with Gasteiger partial charge in [-0.25, -0.2) is 14.8 Å². The number of para-hydroxylation sites is 1. The molecule has 1 fully saturated rings. The predicted molar refractivity (Wildman–Crippen MR) is 123 cm³/mol. The van der Waals surface area contributed by atoms with Gasteiger partial charge in [0.1, 0.15) is 17.9 Å². The van der Waals surface area contributed by atoms with E-state index in [-0.39, 0.29) is 6.03 Å². The van der Waals surface area contributed by atoms with Gasteiger partial charge in [-0.05, 0) is 30.2 Å². The number of benzene rings is 2. The van der Waals surface area contributed by atoms with Crippen molar-refractivity contribution in [2.24, 2.45) is 0 Å². The molecule has 2 aromatic carbocycles. The first kappa shape index (κ1) is 20.7. The average molecular weight is 418 g/mol. The highest BCUT2D eigenvalue weighted by Crippen LogP contribution is 2.25. The van der Waals surface area contributed by atoms with Crippen LogP contribution in [-0.4, -0.2) is 54.2 Å². The first-order chi connectivity index (χ1) is 15.2. The van der Waals surface area contributed by atoms with Crippen LogP contribution in [-0.2, 0) is 6.42 Å². The Bertz CT molecular complexity index is 1050. The minimum Gasteiger partial charge on any atom is -0.497 e. The molecule has 0 saturated carbocycles. The van der Waals surface area contributed by atoms with E-state index < -0.39 is 0 Å². The van der Waals surface area contributed by atoms with Crippen molar-refractivity contribution < 1.29 is 9.53 Å². The Morgan fingerprint density at radius 3 is 2.61 bits per heavy atom. The molecule has 1 aliphatic rings. The van der Waals surface area contributed by atoms with Crippen molar-refractivity contribution in [1.29, 1.82) is 0 Å². The van der Waals surface area contributed by atoms with E-state index >= 15 is 0 Å². The molecule has 0 bridgehead atoms. The summed E-state index contributed by atoms with van der Waals surface area (Å²) < 4.78 is 5.32. The second-order valence-corrected chi connectivity index (χ2v) is 7.41. The lowest BCUT2D eigenvalue weighted by Gasteiger charge is -2.35. The number of methoxy groups -OCH3 is 1. The van der Waals surface area contributed by atoms with E-state index in [1.807, 2.05) is 59.5 Å².